The van der Waals surface area contributed by atoms with Crippen molar-refractivity contribution in [1.82, 2.24) is 9.97 Å². The molecule has 5 nitrogen and oxygen atoms in total. The zero-order chi connectivity index (χ0) is 14.5. The molecule has 7 heteroatoms. The van der Waals surface area contributed by atoms with E-state index in [1.165, 1.54) is 0 Å². The number of hydrogen-bond donors (Lipinski definition) is 2. The molecule has 0 bridgehead atoms. The van der Waals surface area contributed by atoms with Gasteiger partial charge in [-0.1, -0.05) is 11.6 Å². The summed E-state index contributed by atoms with van der Waals surface area (Å²) in [6.07, 6.45) is 3.19. The molecular weight excluding hydrogens is 348 g/mol. The molecule has 0 aliphatic carbocycles. The Hall–Kier alpha value is -1.66. The third-order valence-electron chi connectivity index (χ3n) is 2.45. The Morgan fingerprint density at radius 1 is 1.60 bits per heavy atom. The summed E-state index contributed by atoms with van der Waals surface area (Å²) in [5.41, 5.74) is 0.891. The standard InChI is InChI=1S/C13H12BrClN4O/c1-2-16-12-9(6-8(14)7-18-12)13(20)19-10-4-3-5-17-11(10)15/h3-7H,2H2,1H3,(H,16,18)(H,19,20)/i5+2,11+2. The molecular formula is C13H12BrClN4O. The van der Waals surface area contributed by atoms with Crippen molar-refractivity contribution < 1.29 is 4.79 Å². The number of nitrogens with zero attached hydrogens (tertiary/aromatic N) is 2. The number of anilines is 2. The first-order chi connectivity index (χ1) is 9.61. The fourth-order valence-corrected chi connectivity index (χ4v) is 2.09. The highest BCUT2D eigenvalue weighted by atomic mass is 79.9. The number of pyridine rings is 2. The highest BCUT2D eigenvalue weighted by Crippen LogP contribution is 2.22. The zero-order valence-electron chi connectivity index (χ0n) is 10.7. The quantitative estimate of drug-likeness (QED) is 0.819. The van der Waals surface area contributed by atoms with Crippen molar-refractivity contribution >= 4 is 44.9 Å². The Balaban J connectivity index is 2.29. The lowest BCUT2D eigenvalue weighted by Gasteiger charge is -2.11. The second-order valence-corrected chi connectivity index (χ2v) is 5.15. The van der Waals surface area contributed by atoms with Gasteiger partial charge in [0, 0.05) is 23.4 Å². The summed E-state index contributed by atoms with van der Waals surface area (Å²) in [6.45, 7) is 2.60. The third-order valence-corrected chi connectivity index (χ3v) is 3.19. The molecule has 20 heavy (non-hydrogen) atoms. The van der Waals surface area contributed by atoms with Crippen LogP contribution in [0.3, 0.4) is 0 Å². The molecule has 0 saturated carbocycles. The second-order valence-electron chi connectivity index (χ2n) is 3.88. The number of aromatic nitrogens is 2. The van der Waals surface area contributed by atoms with E-state index in [0.29, 0.717) is 23.6 Å². The minimum Gasteiger partial charge on any atom is -0.370 e. The van der Waals surface area contributed by atoms with Crippen LogP contribution in [0.1, 0.15) is 17.3 Å². The van der Waals surface area contributed by atoms with Gasteiger partial charge in [-0.25, -0.2) is 9.97 Å². The number of amides is 1. The van der Waals surface area contributed by atoms with Crippen LogP contribution in [0.25, 0.3) is 0 Å². The van der Waals surface area contributed by atoms with Crippen LogP contribution in [0.2, 0.25) is 5.15 Å². The SMILES string of the molecule is CCNc1ncc(Br)cc1C(=O)Nc1cc[14cH]n[14c]1Cl. The van der Waals surface area contributed by atoms with E-state index < -0.39 is 0 Å². The van der Waals surface area contributed by atoms with Crippen molar-refractivity contribution in [3.05, 3.63) is 45.8 Å². The summed E-state index contributed by atoms with van der Waals surface area (Å²) >= 11 is 9.23. The lowest BCUT2D eigenvalue weighted by Crippen LogP contribution is -2.16. The summed E-state index contributed by atoms with van der Waals surface area (Å²) in [7, 11) is 0. The van der Waals surface area contributed by atoms with Gasteiger partial charge in [-0.05, 0) is 41.1 Å². The smallest absolute Gasteiger partial charge is 0.259 e. The molecule has 2 rings (SSSR count). The average Bonchev–Trinajstić information content (AvgIpc) is 2.43. The van der Waals surface area contributed by atoms with E-state index in [-0.39, 0.29) is 11.1 Å². The Bertz CT molecular complexity index is 636. The maximum Gasteiger partial charge on any atom is 0.259 e. The Morgan fingerprint density at radius 3 is 3.10 bits per heavy atom. The lowest BCUT2D eigenvalue weighted by molar-refractivity contribution is 0.102. The van der Waals surface area contributed by atoms with Gasteiger partial charge in [0.25, 0.3) is 5.91 Å². The molecule has 0 saturated heterocycles. The monoisotopic (exact) mass is 358 g/mol. The topological polar surface area (TPSA) is 66.9 Å². The van der Waals surface area contributed by atoms with E-state index in [9.17, 15) is 4.79 Å². The largest absolute Gasteiger partial charge is 0.370 e. The Morgan fingerprint density at radius 2 is 2.40 bits per heavy atom. The van der Waals surface area contributed by atoms with Crippen LogP contribution in [-0.2, 0) is 0 Å². The Kier molecular flexibility index (Phi) is 4.92. The molecule has 0 aromatic carbocycles. The van der Waals surface area contributed by atoms with E-state index >= 15 is 0 Å². The molecule has 0 aliphatic heterocycles. The van der Waals surface area contributed by atoms with Gasteiger partial charge in [0.1, 0.15) is 5.82 Å². The number of rotatable bonds is 4. The predicted octanol–water partition coefficient (Wildman–Crippen LogP) is 3.58. The summed E-state index contributed by atoms with van der Waals surface area (Å²) in [5, 5.41) is 6.01. The molecule has 0 aliphatic rings. The zero-order valence-corrected chi connectivity index (χ0v) is 13.0. The third kappa shape index (κ3) is 3.46. The molecule has 0 fully saturated rings. The molecule has 2 aromatic heterocycles. The van der Waals surface area contributed by atoms with E-state index in [1.54, 1.807) is 30.6 Å². The van der Waals surface area contributed by atoms with Crippen molar-refractivity contribution in [2.75, 3.05) is 17.2 Å². The van der Waals surface area contributed by atoms with Gasteiger partial charge in [-0.3, -0.25) is 4.79 Å². The number of halogens is 2. The molecule has 104 valence electrons. The fourth-order valence-electron chi connectivity index (χ4n) is 1.59. The molecule has 0 unspecified atom stereocenters. The van der Waals surface area contributed by atoms with Crippen LogP contribution in [-0.4, -0.2) is 22.4 Å². The maximum atomic E-state index is 12.3. The maximum absolute atomic E-state index is 12.3. The first-order valence-corrected chi connectivity index (χ1v) is 7.10. The molecule has 1 amide bonds. The molecule has 0 atom stereocenters. The molecule has 0 radical (unpaired) electrons. The average molecular weight is 360 g/mol. The van der Waals surface area contributed by atoms with Crippen LogP contribution >= 0.6 is 27.5 Å². The lowest BCUT2D eigenvalue weighted by atomic mass is 10.2. The minimum atomic E-state index is -0.301. The highest BCUT2D eigenvalue weighted by Gasteiger charge is 2.14. The van der Waals surface area contributed by atoms with Crippen molar-refractivity contribution in [3.8, 4) is 0 Å². The van der Waals surface area contributed by atoms with Crippen molar-refractivity contribution in [2.24, 2.45) is 0 Å². The molecule has 2 aromatic rings. The predicted molar refractivity (Wildman–Crippen MR) is 83.3 cm³/mol. The first kappa shape index (κ1) is 14.7. The van der Waals surface area contributed by atoms with Crippen LogP contribution < -0.4 is 10.6 Å². The van der Waals surface area contributed by atoms with Gasteiger partial charge in [-0.15, -0.1) is 0 Å². The van der Waals surface area contributed by atoms with Gasteiger partial charge in [0.05, 0.1) is 11.3 Å². The number of hydrogen-bond acceptors (Lipinski definition) is 4. The van der Waals surface area contributed by atoms with Crippen LogP contribution in [0.15, 0.2) is 35.1 Å². The van der Waals surface area contributed by atoms with Crippen LogP contribution in [0, 0.1) is 0 Å². The van der Waals surface area contributed by atoms with Crippen molar-refractivity contribution in [3.63, 3.8) is 0 Å². The van der Waals surface area contributed by atoms with Crippen LogP contribution in [0.5, 0.6) is 0 Å². The van der Waals surface area contributed by atoms with Crippen molar-refractivity contribution in [1.29, 1.82) is 0 Å². The molecule has 2 N–H and O–H groups in total. The van der Waals surface area contributed by atoms with Gasteiger partial charge >= 0.3 is 0 Å². The van der Waals surface area contributed by atoms with E-state index in [0.717, 1.165) is 4.47 Å². The number of carbonyl (C=O) groups is 1. The summed E-state index contributed by atoms with van der Waals surface area (Å²) in [4.78, 5) is 20.4. The number of nitrogens with one attached hydrogen (secondary N) is 2. The minimum absolute atomic E-state index is 0.244. The highest BCUT2D eigenvalue weighted by molar-refractivity contribution is 9.10. The summed E-state index contributed by atoms with van der Waals surface area (Å²) < 4.78 is 0.724. The normalized spacial score (nSPS) is 10.2. The van der Waals surface area contributed by atoms with E-state index in [4.69, 9.17) is 11.6 Å². The fraction of sp³-hybridized carbons (Fsp3) is 0.154. The summed E-state index contributed by atoms with van der Waals surface area (Å²) in [6, 6.07) is 5.09. The number of carbonyl (C=O) groups excluding carboxylic acids is 1. The summed E-state index contributed by atoms with van der Waals surface area (Å²) in [5.74, 6) is 0.220. The van der Waals surface area contributed by atoms with Crippen LogP contribution in [0.4, 0.5) is 11.5 Å². The van der Waals surface area contributed by atoms with Gasteiger partial charge in [-0.2, -0.15) is 0 Å². The van der Waals surface area contributed by atoms with E-state index in [1.807, 2.05) is 6.92 Å². The van der Waals surface area contributed by atoms with Gasteiger partial charge < -0.3 is 10.6 Å². The van der Waals surface area contributed by atoms with Gasteiger partial charge in [0.2, 0.25) is 0 Å². The van der Waals surface area contributed by atoms with E-state index in [2.05, 4.69) is 36.5 Å². The second kappa shape index (κ2) is 6.67. The first-order valence-electron chi connectivity index (χ1n) is 5.93. The van der Waals surface area contributed by atoms with Gasteiger partial charge in [0.15, 0.2) is 5.15 Å². The molecule has 2 heterocycles. The molecule has 0 spiro atoms. The van der Waals surface area contributed by atoms with Crippen molar-refractivity contribution in [2.45, 2.75) is 6.92 Å². The Labute approximate surface area is 129 Å².